The molecule has 2 nitrogen and oxygen atoms in total. The summed E-state index contributed by atoms with van der Waals surface area (Å²) < 4.78 is 7.17. The number of ether oxygens (including phenoxy) is 1. The van der Waals surface area contributed by atoms with Crippen molar-refractivity contribution >= 4 is 0 Å². The molecule has 11 heavy (non-hydrogen) atoms. The molecule has 0 aliphatic carbocycles. The fourth-order valence-electron chi connectivity index (χ4n) is 0.717. The summed E-state index contributed by atoms with van der Waals surface area (Å²) in [5.41, 5.74) is 0. The number of halogens is 1. The lowest BCUT2D eigenvalue weighted by Crippen LogP contribution is -3.00. The average molecular weight is 218 g/mol. The SMILES string of the molecule is CCOC[n+]1ccccc1.[Br-]. The molecule has 62 valence electrons. The molecule has 0 aliphatic rings. The molecule has 0 aliphatic heterocycles. The minimum Gasteiger partial charge on any atom is -1.00 e. The van der Waals surface area contributed by atoms with Gasteiger partial charge in [-0.2, -0.15) is 4.57 Å². The van der Waals surface area contributed by atoms with E-state index in [1.54, 1.807) is 0 Å². The van der Waals surface area contributed by atoms with Crippen molar-refractivity contribution in [1.82, 2.24) is 0 Å². The number of nitrogens with zero attached hydrogens (tertiary/aromatic N) is 1. The van der Waals surface area contributed by atoms with Gasteiger partial charge in [-0.15, -0.1) is 0 Å². The Balaban J connectivity index is 0.000001000. The molecule has 0 spiro atoms. The zero-order chi connectivity index (χ0) is 7.23. The minimum absolute atomic E-state index is 0. The molecule has 0 atom stereocenters. The highest BCUT2D eigenvalue weighted by molar-refractivity contribution is 4.83. The summed E-state index contributed by atoms with van der Waals surface area (Å²) in [6, 6.07) is 5.96. The Morgan fingerprint density at radius 2 is 1.82 bits per heavy atom. The first kappa shape index (κ1) is 10.6. The van der Waals surface area contributed by atoms with Crippen molar-refractivity contribution in [2.75, 3.05) is 6.61 Å². The largest absolute Gasteiger partial charge is 1.00 e. The molecule has 0 aromatic carbocycles. The molecule has 0 amide bonds. The highest BCUT2D eigenvalue weighted by Crippen LogP contribution is 1.77. The summed E-state index contributed by atoms with van der Waals surface area (Å²) >= 11 is 0. The third kappa shape index (κ3) is 4.11. The Hall–Kier alpha value is -0.410. The van der Waals surface area contributed by atoms with Crippen molar-refractivity contribution in [3.05, 3.63) is 30.6 Å². The lowest BCUT2D eigenvalue weighted by molar-refractivity contribution is -0.732. The summed E-state index contributed by atoms with van der Waals surface area (Å²) in [7, 11) is 0. The number of hydrogen-bond acceptors (Lipinski definition) is 1. The van der Waals surface area contributed by atoms with Crippen LogP contribution in [0, 0.1) is 0 Å². The van der Waals surface area contributed by atoms with E-state index in [0.29, 0.717) is 6.73 Å². The lowest BCUT2D eigenvalue weighted by atomic mass is 10.5. The van der Waals surface area contributed by atoms with Crippen LogP contribution in [0.2, 0.25) is 0 Å². The van der Waals surface area contributed by atoms with Crippen LogP contribution in [0.15, 0.2) is 30.6 Å². The molecule has 0 bridgehead atoms. The van der Waals surface area contributed by atoms with Crippen LogP contribution in [0.5, 0.6) is 0 Å². The van der Waals surface area contributed by atoms with Crippen LogP contribution in [-0.4, -0.2) is 6.61 Å². The summed E-state index contributed by atoms with van der Waals surface area (Å²) in [4.78, 5) is 0. The summed E-state index contributed by atoms with van der Waals surface area (Å²) in [5, 5.41) is 0. The van der Waals surface area contributed by atoms with Crippen molar-refractivity contribution in [2.24, 2.45) is 0 Å². The van der Waals surface area contributed by atoms with E-state index in [-0.39, 0.29) is 17.0 Å². The van der Waals surface area contributed by atoms with E-state index in [9.17, 15) is 0 Å². The summed E-state index contributed by atoms with van der Waals surface area (Å²) in [6.45, 7) is 3.41. The van der Waals surface area contributed by atoms with E-state index in [0.717, 1.165) is 6.61 Å². The van der Waals surface area contributed by atoms with Crippen LogP contribution in [0.25, 0.3) is 0 Å². The van der Waals surface area contributed by atoms with Crippen LogP contribution in [0.3, 0.4) is 0 Å². The van der Waals surface area contributed by atoms with Crippen LogP contribution in [0.1, 0.15) is 6.92 Å². The second kappa shape index (κ2) is 6.31. The lowest BCUT2D eigenvalue weighted by Gasteiger charge is -1.93. The number of pyridine rings is 1. The van der Waals surface area contributed by atoms with Crippen molar-refractivity contribution in [3.63, 3.8) is 0 Å². The van der Waals surface area contributed by atoms with E-state index in [1.807, 2.05) is 42.1 Å². The van der Waals surface area contributed by atoms with Crippen molar-refractivity contribution in [1.29, 1.82) is 0 Å². The molecule has 1 heterocycles. The molecule has 1 aromatic rings. The fraction of sp³-hybridized carbons (Fsp3) is 0.375. The first-order valence-corrected chi connectivity index (χ1v) is 3.45. The van der Waals surface area contributed by atoms with Gasteiger partial charge in [0.15, 0.2) is 12.4 Å². The van der Waals surface area contributed by atoms with Gasteiger partial charge in [0.1, 0.15) is 0 Å². The molecule has 0 fully saturated rings. The Morgan fingerprint density at radius 1 is 1.18 bits per heavy atom. The standard InChI is InChI=1S/C8H12NO.BrH/c1-2-10-8-9-6-4-3-5-7-9;/h3-7H,2,8H2,1H3;1H/q+1;/p-1. The Kier molecular flexibility index (Phi) is 6.07. The van der Waals surface area contributed by atoms with Gasteiger partial charge in [-0.3, -0.25) is 0 Å². The smallest absolute Gasteiger partial charge is 0.252 e. The molecule has 0 radical (unpaired) electrons. The van der Waals surface area contributed by atoms with Crippen LogP contribution in [0.4, 0.5) is 0 Å². The van der Waals surface area contributed by atoms with E-state index < -0.39 is 0 Å². The summed E-state index contributed by atoms with van der Waals surface area (Å²) in [5.74, 6) is 0. The molecular weight excluding hydrogens is 206 g/mol. The zero-order valence-electron chi connectivity index (χ0n) is 6.53. The van der Waals surface area contributed by atoms with E-state index in [1.165, 1.54) is 0 Å². The monoisotopic (exact) mass is 217 g/mol. The van der Waals surface area contributed by atoms with Crippen LogP contribution in [-0.2, 0) is 11.5 Å². The van der Waals surface area contributed by atoms with Gasteiger partial charge in [-0.1, -0.05) is 6.07 Å². The third-order valence-corrected chi connectivity index (χ3v) is 1.22. The normalized spacial score (nSPS) is 8.82. The van der Waals surface area contributed by atoms with Crippen molar-refractivity contribution in [2.45, 2.75) is 13.7 Å². The highest BCUT2D eigenvalue weighted by atomic mass is 79.9. The average Bonchev–Trinajstić information content (AvgIpc) is 2.03. The van der Waals surface area contributed by atoms with Gasteiger partial charge in [0.05, 0.1) is 6.61 Å². The Bertz CT molecular complexity index is 179. The molecule has 1 rings (SSSR count). The maximum absolute atomic E-state index is 5.18. The third-order valence-electron chi connectivity index (χ3n) is 1.22. The van der Waals surface area contributed by atoms with Gasteiger partial charge >= 0.3 is 0 Å². The van der Waals surface area contributed by atoms with Crippen molar-refractivity contribution in [3.8, 4) is 0 Å². The molecule has 3 heteroatoms. The van der Waals surface area contributed by atoms with Crippen LogP contribution >= 0.6 is 0 Å². The summed E-state index contributed by atoms with van der Waals surface area (Å²) in [6.07, 6.45) is 3.96. The first-order chi connectivity index (χ1) is 4.93. The van der Waals surface area contributed by atoms with E-state index >= 15 is 0 Å². The maximum atomic E-state index is 5.18. The van der Waals surface area contributed by atoms with Gasteiger partial charge < -0.3 is 21.7 Å². The van der Waals surface area contributed by atoms with Gasteiger partial charge in [0.2, 0.25) is 0 Å². The van der Waals surface area contributed by atoms with Crippen LogP contribution < -0.4 is 21.5 Å². The maximum Gasteiger partial charge on any atom is 0.252 e. The number of hydrogen-bond donors (Lipinski definition) is 0. The minimum atomic E-state index is 0. The topological polar surface area (TPSA) is 13.1 Å². The predicted molar refractivity (Wildman–Crippen MR) is 38.3 cm³/mol. The number of aromatic nitrogens is 1. The molecule has 0 saturated carbocycles. The molecule has 0 saturated heterocycles. The molecule has 1 aromatic heterocycles. The molecule has 0 N–H and O–H groups in total. The van der Waals surface area contributed by atoms with Gasteiger partial charge in [0, 0.05) is 12.1 Å². The zero-order valence-corrected chi connectivity index (χ0v) is 8.12. The quantitative estimate of drug-likeness (QED) is 0.533. The second-order valence-corrected chi connectivity index (χ2v) is 2.01. The Morgan fingerprint density at radius 3 is 2.36 bits per heavy atom. The second-order valence-electron chi connectivity index (χ2n) is 2.01. The Labute approximate surface area is 77.6 Å². The number of rotatable bonds is 3. The van der Waals surface area contributed by atoms with E-state index in [4.69, 9.17) is 4.74 Å². The van der Waals surface area contributed by atoms with E-state index in [2.05, 4.69) is 0 Å². The predicted octanol–water partition coefficient (Wildman–Crippen LogP) is -2.03. The first-order valence-electron chi connectivity index (χ1n) is 3.45. The fourth-order valence-corrected chi connectivity index (χ4v) is 0.717. The van der Waals surface area contributed by atoms with Gasteiger partial charge in [-0.05, 0) is 6.92 Å². The van der Waals surface area contributed by atoms with Gasteiger partial charge in [-0.25, -0.2) is 0 Å². The van der Waals surface area contributed by atoms with Crippen molar-refractivity contribution < 1.29 is 26.3 Å². The molecule has 0 unspecified atom stereocenters. The molecular formula is C8H12BrNO. The highest BCUT2D eigenvalue weighted by Gasteiger charge is 1.92. The van der Waals surface area contributed by atoms with Gasteiger partial charge in [0.25, 0.3) is 6.73 Å².